The van der Waals surface area contributed by atoms with E-state index >= 15 is 0 Å². The number of aromatic nitrogens is 1. The average Bonchev–Trinajstić information content (AvgIpc) is 3.35. The fraction of sp³-hybridized carbons (Fsp3) is 0.300. The molecule has 28 heavy (non-hydrogen) atoms. The third-order valence-electron chi connectivity index (χ3n) is 5.22. The van der Waals surface area contributed by atoms with Crippen LogP contribution in [0.1, 0.15) is 11.7 Å². The van der Waals surface area contributed by atoms with E-state index in [9.17, 15) is 4.79 Å². The van der Waals surface area contributed by atoms with Crippen molar-refractivity contribution in [2.24, 2.45) is 0 Å². The number of hydrogen-bond donors (Lipinski definition) is 1. The zero-order valence-electron chi connectivity index (χ0n) is 15.2. The number of piperazine rings is 1. The standard InChI is InChI=1S/C20H20N4O3S/c25-20-24(13-16(27-20)14-4-2-1-3-5-14)17-12-15-6-11-26-18(15)19(21-17)22-7-9-23(28)10-8-22/h1-6,11-12,16,28H,7-10,13H2. The van der Waals surface area contributed by atoms with Gasteiger partial charge in [0.15, 0.2) is 11.4 Å². The highest BCUT2D eigenvalue weighted by Crippen LogP contribution is 2.34. The second-order valence-corrected chi connectivity index (χ2v) is 7.54. The maximum atomic E-state index is 12.6. The van der Waals surface area contributed by atoms with E-state index in [0.717, 1.165) is 48.5 Å². The van der Waals surface area contributed by atoms with Crippen LogP contribution in [-0.4, -0.2) is 48.1 Å². The van der Waals surface area contributed by atoms with Gasteiger partial charge in [0.05, 0.1) is 12.8 Å². The number of nitrogens with zero attached hydrogens (tertiary/aromatic N) is 4. The molecule has 1 aromatic carbocycles. The Hall–Kier alpha value is -2.71. The largest absolute Gasteiger partial charge is 0.460 e. The summed E-state index contributed by atoms with van der Waals surface area (Å²) in [5.74, 6) is 1.34. The monoisotopic (exact) mass is 396 g/mol. The van der Waals surface area contributed by atoms with Crippen LogP contribution in [-0.2, 0) is 4.74 Å². The number of hydrogen-bond acceptors (Lipinski definition) is 7. The zero-order valence-corrected chi connectivity index (χ0v) is 16.1. The molecule has 2 fully saturated rings. The van der Waals surface area contributed by atoms with Gasteiger partial charge in [-0.1, -0.05) is 43.1 Å². The number of furan rings is 1. The van der Waals surface area contributed by atoms with Gasteiger partial charge in [-0.05, 0) is 17.7 Å². The molecule has 0 N–H and O–H groups in total. The molecule has 0 aliphatic carbocycles. The van der Waals surface area contributed by atoms with Gasteiger partial charge in [0.2, 0.25) is 0 Å². The maximum absolute atomic E-state index is 12.6. The molecule has 5 rings (SSSR count). The fourth-order valence-corrected chi connectivity index (χ4v) is 3.88. The lowest BCUT2D eigenvalue weighted by molar-refractivity contribution is 0.142. The summed E-state index contributed by atoms with van der Waals surface area (Å²) in [6.07, 6.45) is 0.978. The van der Waals surface area contributed by atoms with Crippen LogP contribution in [0.2, 0.25) is 0 Å². The molecule has 2 aliphatic rings. The minimum atomic E-state index is -0.379. The minimum absolute atomic E-state index is 0.299. The Balaban J connectivity index is 1.48. The number of benzene rings is 1. The highest BCUT2D eigenvalue weighted by molar-refractivity contribution is 7.77. The second-order valence-electron chi connectivity index (χ2n) is 6.98. The summed E-state index contributed by atoms with van der Waals surface area (Å²) in [6.45, 7) is 3.70. The van der Waals surface area contributed by atoms with E-state index < -0.39 is 0 Å². The molecule has 2 saturated heterocycles. The van der Waals surface area contributed by atoms with Crippen LogP contribution >= 0.6 is 12.8 Å². The molecule has 2 aromatic heterocycles. The molecule has 4 heterocycles. The Bertz CT molecular complexity index is 1000. The Morgan fingerprint density at radius 3 is 2.64 bits per heavy atom. The third-order valence-corrected chi connectivity index (χ3v) is 5.62. The van der Waals surface area contributed by atoms with Crippen LogP contribution in [0, 0.1) is 0 Å². The zero-order chi connectivity index (χ0) is 19.1. The number of thiol groups is 1. The van der Waals surface area contributed by atoms with Crippen LogP contribution in [0.5, 0.6) is 0 Å². The van der Waals surface area contributed by atoms with Crippen molar-refractivity contribution in [2.75, 3.05) is 42.5 Å². The smallest absolute Gasteiger partial charge is 0.416 e. The molecule has 0 bridgehead atoms. The van der Waals surface area contributed by atoms with Crippen LogP contribution in [0.3, 0.4) is 0 Å². The fourth-order valence-electron chi connectivity index (χ4n) is 3.70. The van der Waals surface area contributed by atoms with Crippen molar-refractivity contribution in [1.29, 1.82) is 0 Å². The van der Waals surface area contributed by atoms with Gasteiger partial charge >= 0.3 is 6.09 Å². The van der Waals surface area contributed by atoms with E-state index in [1.165, 1.54) is 0 Å². The van der Waals surface area contributed by atoms with E-state index in [1.807, 2.05) is 46.8 Å². The Kier molecular flexibility index (Phi) is 4.37. The second kappa shape index (κ2) is 7.03. The Morgan fingerprint density at radius 2 is 1.86 bits per heavy atom. The van der Waals surface area contributed by atoms with Gasteiger partial charge in [-0.3, -0.25) is 4.90 Å². The van der Waals surface area contributed by atoms with Crippen LogP contribution in [0.25, 0.3) is 11.0 Å². The van der Waals surface area contributed by atoms with E-state index in [-0.39, 0.29) is 12.2 Å². The molecule has 3 aromatic rings. The van der Waals surface area contributed by atoms with Gasteiger partial charge in [0.25, 0.3) is 0 Å². The molecule has 7 nitrogen and oxygen atoms in total. The number of amides is 1. The molecule has 1 atom stereocenters. The van der Waals surface area contributed by atoms with E-state index in [2.05, 4.69) is 17.7 Å². The number of rotatable bonds is 3. The van der Waals surface area contributed by atoms with Gasteiger partial charge in [0, 0.05) is 31.6 Å². The maximum Gasteiger partial charge on any atom is 0.416 e. The normalized spacial score (nSPS) is 20.8. The van der Waals surface area contributed by atoms with Crippen LogP contribution in [0.15, 0.2) is 53.1 Å². The van der Waals surface area contributed by atoms with Crippen molar-refractivity contribution in [2.45, 2.75) is 6.10 Å². The van der Waals surface area contributed by atoms with E-state index in [4.69, 9.17) is 14.1 Å². The molecule has 144 valence electrons. The summed E-state index contributed by atoms with van der Waals surface area (Å²) in [6, 6.07) is 13.6. The SMILES string of the molecule is O=C1OC(c2ccccc2)CN1c1cc2ccoc2c(N2CCN(S)CC2)n1. The lowest BCUT2D eigenvalue weighted by Crippen LogP contribution is -2.43. The summed E-state index contributed by atoms with van der Waals surface area (Å²) in [5.41, 5.74) is 1.72. The van der Waals surface area contributed by atoms with Gasteiger partial charge < -0.3 is 14.1 Å². The van der Waals surface area contributed by atoms with E-state index in [0.29, 0.717) is 12.4 Å². The number of ether oxygens (including phenoxy) is 1. The van der Waals surface area contributed by atoms with Crippen molar-refractivity contribution in [3.63, 3.8) is 0 Å². The predicted molar refractivity (Wildman–Crippen MR) is 110 cm³/mol. The summed E-state index contributed by atoms with van der Waals surface area (Å²) in [4.78, 5) is 21.1. The summed E-state index contributed by atoms with van der Waals surface area (Å²) in [7, 11) is 0. The van der Waals surface area contributed by atoms with Gasteiger partial charge in [-0.15, -0.1) is 0 Å². The lowest BCUT2D eigenvalue weighted by atomic mass is 10.1. The molecular weight excluding hydrogens is 376 g/mol. The first kappa shape index (κ1) is 17.4. The molecule has 1 amide bonds. The summed E-state index contributed by atoms with van der Waals surface area (Å²) in [5, 5.41) is 0.921. The van der Waals surface area contributed by atoms with Crippen molar-refractivity contribution in [1.82, 2.24) is 9.29 Å². The van der Waals surface area contributed by atoms with Crippen LogP contribution in [0.4, 0.5) is 16.4 Å². The molecular formula is C20H20N4O3S. The minimum Gasteiger partial charge on any atom is -0.460 e. The predicted octanol–water partition coefficient (Wildman–Crippen LogP) is 3.49. The molecule has 1 unspecified atom stereocenters. The number of cyclic esters (lactones) is 1. The number of carbonyl (C=O) groups excluding carboxylic acids is 1. The Labute approximate surface area is 168 Å². The van der Waals surface area contributed by atoms with Crippen molar-refractivity contribution < 1.29 is 13.9 Å². The van der Waals surface area contributed by atoms with Gasteiger partial charge in [-0.2, -0.15) is 0 Å². The number of pyridine rings is 1. The quantitative estimate of drug-likeness (QED) is 0.684. The lowest BCUT2D eigenvalue weighted by Gasteiger charge is -2.32. The number of carbonyl (C=O) groups is 1. The average molecular weight is 396 g/mol. The molecule has 0 saturated carbocycles. The summed E-state index contributed by atoms with van der Waals surface area (Å²) >= 11 is 4.42. The van der Waals surface area contributed by atoms with E-state index in [1.54, 1.807) is 11.2 Å². The highest BCUT2D eigenvalue weighted by Gasteiger charge is 2.35. The first-order valence-corrected chi connectivity index (χ1v) is 9.69. The molecule has 0 radical (unpaired) electrons. The molecule has 2 aliphatic heterocycles. The van der Waals surface area contributed by atoms with Crippen LogP contribution < -0.4 is 9.80 Å². The first-order valence-electron chi connectivity index (χ1n) is 9.29. The highest BCUT2D eigenvalue weighted by atomic mass is 32.1. The van der Waals surface area contributed by atoms with Gasteiger partial charge in [-0.25, -0.2) is 14.1 Å². The topological polar surface area (TPSA) is 62.1 Å². The molecule has 0 spiro atoms. The number of fused-ring (bicyclic) bond motifs is 1. The Morgan fingerprint density at radius 1 is 1.07 bits per heavy atom. The summed E-state index contributed by atoms with van der Waals surface area (Å²) < 4.78 is 13.3. The number of anilines is 2. The molecule has 8 heteroatoms. The third kappa shape index (κ3) is 3.08. The van der Waals surface area contributed by atoms with Gasteiger partial charge in [0.1, 0.15) is 11.9 Å². The first-order chi connectivity index (χ1) is 13.7. The van der Waals surface area contributed by atoms with Crippen molar-refractivity contribution in [3.8, 4) is 0 Å². The van der Waals surface area contributed by atoms with Crippen molar-refractivity contribution in [3.05, 3.63) is 54.3 Å². The van der Waals surface area contributed by atoms with Crippen molar-refractivity contribution >= 4 is 41.5 Å².